The van der Waals surface area contributed by atoms with E-state index in [1.807, 2.05) is 47.0 Å². The molecule has 1 saturated heterocycles. The van der Waals surface area contributed by atoms with Crippen LogP contribution >= 0.6 is 0 Å². The van der Waals surface area contributed by atoms with Gasteiger partial charge in [0.15, 0.2) is 11.5 Å². The number of nitrogens with zero attached hydrogens (tertiary/aromatic N) is 9. The lowest BCUT2D eigenvalue weighted by molar-refractivity contribution is 0.249. The van der Waals surface area contributed by atoms with Gasteiger partial charge in [-0.25, -0.2) is 24.9 Å². The highest BCUT2D eigenvalue weighted by molar-refractivity contribution is 5.84. The highest BCUT2D eigenvalue weighted by Crippen LogP contribution is 2.31. The Balaban J connectivity index is 1.18. The van der Waals surface area contributed by atoms with Crippen molar-refractivity contribution >= 4 is 22.8 Å². The molecule has 0 saturated carbocycles. The van der Waals surface area contributed by atoms with Gasteiger partial charge in [0.1, 0.15) is 23.2 Å². The number of nitriles is 1. The Hall–Kier alpha value is -5.93. The van der Waals surface area contributed by atoms with E-state index in [1.165, 1.54) is 11.6 Å². The van der Waals surface area contributed by atoms with E-state index in [4.69, 9.17) is 21.0 Å². The van der Waals surface area contributed by atoms with Crippen molar-refractivity contribution in [2.45, 2.75) is 6.54 Å². The van der Waals surface area contributed by atoms with Crippen molar-refractivity contribution in [1.29, 1.82) is 5.26 Å². The van der Waals surface area contributed by atoms with E-state index in [0.717, 1.165) is 44.2 Å². The van der Waals surface area contributed by atoms with Crippen molar-refractivity contribution < 1.29 is 0 Å². The molecule has 0 spiro atoms. The number of nitrogen functional groups attached to an aromatic ring is 1. The molecule has 0 aliphatic carbocycles. The molecule has 6 heterocycles. The minimum atomic E-state index is -0.194. The van der Waals surface area contributed by atoms with Gasteiger partial charge >= 0.3 is 0 Å². The summed E-state index contributed by atoms with van der Waals surface area (Å²) in [6, 6.07) is 24.7. The Kier molecular flexibility index (Phi) is 6.97. The lowest BCUT2D eigenvalue weighted by atomic mass is 10.1. The number of rotatable bonds is 6. The van der Waals surface area contributed by atoms with Crippen LogP contribution in [0.25, 0.3) is 39.6 Å². The second kappa shape index (κ2) is 11.4. The van der Waals surface area contributed by atoms with Crippen LogP contribution in [0.15, 0.2) is 90.0 Å². The molecule has 12 heteroatoms. The second-order valence-corrected chi connectivity index (χ2v) is 10.5. The number of fused-ring (bicyclic) bond motifs is 1. The minimum absolute atomic E-state index is 0.187. The van der Waals surface area contributed by atoms with Crippen molar-refractivity contribution in [3.63, 3.8) is 0 Å². The van der Waals surface area contributed by atoms with Crippen molar-refractivity contribution in [2.24, 2.45) is 0 Å². The van der Waals surface area contributed by atoms with E-state index in [1.54, 1.807) is 18.5 Å². The van der Waals surface area contributed by atoms with Crippen molar-refractivity contribution in [2.75, 3.05) is 36.8 Å². The summed E-state index contributed by atoms with van der Waals surface area (Å²) < 4.78 is 1.98. The van der Waals surface area contributed by atoms with E-state index in [2.05, 4.69) is 54.0 Å². The van der Waals surface area contributed by atoms with Crippen LogP contribution in [-0.4, -0.2) is 65.5 Å². The molecular formula is C32H27N11O. The van der Waals surface area contributed by atoms with Crippen LogP contribution in [0.5, 0.6) is 0 Å². The number of hydrogen-bond acceptors (Lipinski definition) is 10. The number of aromatic nitrogens is 7. The number of pyridine rings is 3. The minimum Gasteiger partial charge on any atom is -0.383 e. The summed E-state index contributed by atoms with van der Waals surface area (Å²) in [6.45, 7) is 4.18. The Labute approximate surface area is 252 Å². The molecule has 3 N–H and O–H groups in total. The monoisotopic (exact) mass is 581 g/mol. The fraction of sp³-hybridized carbons (Fsp3) is 0.156. The van der Waals surface area contributed by atoms with E-state index >= 15 is 0 Å². The number of imidazole rings is 1. The standard InChI is InChI=1S/C32H27N11O/c33-19-27-35-14-12-28(40-27)42-17-15-41(16-18-42)20-21-6-8-22(9-7-21)43-31(23-3-2-13-36-30(23)34)39-26-11-10-25(38-32(26)43)24-4-1-5-29(44)37-24/h1-14H,15-18,20H2,(H2,34,36)(H,37,44). The SMILES string of the molecule is N#Cc1nccc(N2CCN(Cc3ccc(-n4c(-c5cccnc5N)nc5ccc(-c6cccc(=O)[nH]6)nc54)cc3)CC2)n1. The highest BCUT2D eigenvalue weighted by atomic mass is 16.1. The summed E-state index contributed by atoms with van der Waals surface area (Å²) in [7, 11) is 0. The van der Waals surface area contributed by atoms with Gasteiger partial charge < -0.3 is 15.6 Å². The van der Waals surface area contributed by atoms with Crippen molar-refractivity contribution in [1.82, 2.24) is 39.4 Å². The van der Waals surface area contributed by atoms with Gasteiger partial charge in [-0.05, 0) is 54.1 Å². The zero-order valence-corrected chi connectivity index (χ0v) is 23.6. The number of aromatic amines is 1. The smallest absolute Gasteiger partial charge is 0.248 e. The fourth-order valence-corrected chi connectivity index (χ4v) is 5.46. The maximum Gasteiger partial charge on any atom is 0.248 e. The average molecular weight is 582 g/mol. The average Bonchev–Trinajstić information content (AvgIpc) is 3.44. The van der Waals surface area contributed by atoms with Crippen molar-refractivity contribution in [3.8, 4) is 34.5 Å². The van der Waals surface area contributed by atoms with Crippen LogP contribution in [0, 0.1) is 11.3 Å². The van der Waals surface area contributed by atoms with E-state index < -0.39 is 0 Å². The van der Waals surface area contributed by atoms with Crippen LogP contribution in [-0.2, 0) is 6.54 Å². The number of H-pyrrole nitrogens is 1. The Morgan fingerprint density at radius 1 is 0.864 bits per heavy atom. The maximum absolute atomic E-state index is 12.0. The quantitative estimate of drug-likeness (QED) is 0.299. The third-order valence-electron chi connectivity index (χ3n) is 7.67. The first-order valence-corrected chi connectivity index (χ1v) is 14.2. The van der Waals surface area contributed by atoms with Gasteiger partial charge in [-0.3, -0.25) is 14.3 Å². The first-order chi connectivity index (χ1) is 21.6. The first kappa shape index (κ1) is 26.9. The van der Waals surface area contributed by atoms with Gasteiger partial charge in [-0.1, -0.05) is 18.2 Å². The van der Waals surface area contributed by atoms with Crippen LogP contribution in [0.3, 0.4) is 0 Å². The molecule has 0 unspecified atom stereocenters. The number of benzene rings is 1. The Bertz CT molecular complexity index is 2070. The molecule has 0 atom stereocenters. The largest absolute Gasteiger partial charge is 0.383 e. The summed E-state index contributed by atoms with van der Waals surface area (Å²) in [5.41, 5.74) is 11.4. The third kappa shape index (κ3) is 5.23. The molecule has 0 radical (unpaired) electrons. The Morgan fingerprint density at radius 3 is 2.48 bits per heavy atom. The molecule has 0 bridgehead atoms. The topological polar surface area (TPSA) is 159 Å². The summed E-state index contributed by atoms with van der Waals surface area (Å²) in [4.78, 5) is 41.8. The molecule has 7 rings (SSSR count). The van der Waals surface area contributed by atoms with Crippen LogP contribution in [0.4, 0.5) is 11.6 Å². The van der Waals surface area contributed by atoms with E-state index in [0.29, 0.717) is 39.8 Å². The molecular weight excluding hydrogens is 554 g/mol. The summed E-state index contributed by atoms with van der Waals surface area (Å²) in [5.74, 6) is 1.98. The summed E-state index contributed by atoms with van der Waals surface area (Å²) in [5, 5.41) is 9.12. The summed E-state index contributed by atoms with van der Waals surface area (Å²) >= 11 is 0. The van der Waals surface area contributed by atoms with E-state index in [9.17, 15) is 4.79 Å². The summed E-state index contributed by atoms with van der Waals surface area (Å²) in [6.07, 6.45) is 3.28. The molecule has 0 amide bonds. The lowest BCUT2D eigenvalue weighted by Gasteiger charge is -2.35. The van der Waals surface area contributed by atoms with Crippen LogP contribution in [0.2, 0.25) is 0 Å². The number of hydrogen-bond donors (Lipinski definition) is 2. The van der Waals surface area contributed by atoms with Crippen LogP contribution in [0.1, 0.15) is 11.4 Å². The highest BCUT2D eigenvalue weighted by Gasteiger charge is 2.21. The molecule has 44 heavy (non-hydrogen) atoms. The molecule has 1 fully saturated rings. The van der Waals surface area contributed by atoms with Gasteiger partial charge in [-0.2, -0.15) is 5.26 Å². The molecule has 6 aromatic rings. The predicted molar refractivity (Wildman–Crippen MR) is 167 cm³/mol. The number of nitrogens with one attached hydrogen (secondary N) is 1. The van der Waals surface area contributed by atoms with E-state index in [-0.39, 0.29) is 11.4 Å². The van der Waals surface area contributed by atoms with Gasteiger partial charge in [0, 0.05) is 56.9 Å². The molecule has 216 valence electrons. The second-order valence-electron chi connectivity index (χ2n) is 10.5. The number of anilines is 2. The molecule has 1 aliphatic heterocycles. The normalized spacial score (nSPS) is 13.7. The fourth-order valence-electron chi connectivity index (χ4n) is 5.46. The third-order valence-corrected chi connectivity index (χ3v) is 7.67. The Morgan fingerprint density at radius 2 is 1.70 bits per heavy atom. The zero-order valence-electron chi connectivity index (χ0n) is 23.6. The van der Waals surface area contributed by atoms with Gasteiger partial charge in [0.25, 0.3) is 0 Å². The maximum atomic E-state index is 12.0. The molecule has 5 aromatic heterocycles. The number of nitrogens with two attached hydrogens (primary N) is 1. The lowest BCUT2D eigenvalue weighted by Crippen LogP contribution is -2.46. The van der Waals surface area contributed by atoms with Gasteiger partial charge in [0.05, 0.1) is 17.0 Å². The number of piperazine rings is 1. The molecule has 12 nitrogen and oxygen atoms in total. The predicted octanol–water partition coefficient (Wildman–Crippen LogP) is 3.40. The molecule has 1 aliphatic rings. The zero-order chi connectivity index (χ0) is 30.0. The molecule has 1 aromatic carbocycles. The van der Waals surface area contributed by atoms with Crippen LogP contribution < -0.4 is 16.2 Å². The van der Waals surface area contributed by atoms with Gasteiger partial charge in [0.2, 0.25) is 11.4 Å². The van der Waals surface area contributed by atoms with Crippen molar-refractivity contribution in [3.05, 3.63) is 107 Å². The first-order valence-electron chi connectivity index (χ1n) is 14.2. The van der Waals surface area contributed by atoms with Gasteiger partial charge in [-0.15, -0.1) is 0 Å².